The van der Waals surface area contributed by atoms with Crippen LogP contribution in [0.2, 0.25) is 0 Å². The van der Waals surface area contributed by atoms with Gasteiger partial charge in [-0.1, -0.05) is 39.5 Å². The van der Waals surface area contributed by atoms with Crippen molar-refractivity contribution in [2.45, 2.75) is 77.8 Å². The molecule has 0 bridgehead atoms. The Labute approximate surface area is 120 Å². The van der Waals surface area contributed by atoms with Crippen molar-refractivity contribution in [3.05, 3.63) is 0 Å². The molecule has 0 N–H and O–H groups in total. The average molecular weight is 266 g/mol. The maximum atomic E-state index is 2.80. The summed E-state index contributed by atoms with van der Waals surface area (Å²) in [5, 5.41) is 0. The molecule has 2 fully saturated rings. The molecule has 0 radical (unpaired) electrons. The molecule has 19 heavy (non-hydrogen) atoms. The fourth-order valence-corrected chi connectivity index (χ4v) is 3.92. The van der Waals surface area contributed by atoms with E-state index in [1.807, 2.05) is 0 Å². The van der Waals surface area contributed by atoms with E-state index in [0.29, 0.717) is 0 Å². The molecule has 2 heteroatoms. The van der Waals surface area contributed by atoms with Crippen LogP contribution in [0.4, 0.5) is 0 Å². The summed E-state index contributed by atoms with van der Waals surface area (Å²) in [4.78, 5) is 5.56. The molecule has 3 atom stereocenters. The predicted molar refractivity (Wildman–Crippen MR) is 83.6 cm³/mol. The maximum absolute atomic E-state index is 2.80. The average Bonchev–Trinajstić information content (AvgIpc) is 2.43. The van der Waals surface area contributed by atoms with Crippen molar-refractivity contribution in [2.24, 2.45) is 5.92 Å². The van der Waals surface area contributed by atoms with E-state index in [1.54, 1.807) is 0 Å². The van der Waals surface area contributed by atoms with Crippen molar-refractivity contribution in [1.82, 2.24) is 9.80 Å². The number of piperidine rings is 1. The van der Waals surface area contributed by atoms with Gasteiger partial charge in [-0.2, -0.15) is 0 Å². The highest BCUT2D eigenvalue weighted by Gasteiger charge is 2.33. The molecule has 0 aromatic heterocycles. The van der Waals surface area contributed by atoms with E-state index in [-0.39, 0.29) is 0 Å². The normalized spacial score (nSPS) is 31.1. The maximum Gasteiger partial charge on any atom is 0.0223 e. The van der Waals surface area contributed by atoms with Crippen molar-refractivity contribution in [1.29, 1.82) is 0 Å². The van der Waals surface area contributed by atoms with E-state index in [4.69, 9.17) is 0 Å². The monoisotopic (exact) mass is 266 g/mol. The van der Waals surface area contributed by atoms with Crippen LogP contribution in [-0.2, 0) is 0 Å². The summed E-state index contributed by atoms with van der Waals surface area (Å²) in [5.41, 5.74) is 0. The van der Waals surface area contributed by atoms with Gasteiger partial charge in [0.2, 0.25) is 0 Å². The van der Waals surface area contributed by atoms with Gasteiger partial charge in [-0.25, -0.2) is 0 Å². The van der Waals surface area contributed by atoms with Crippen LogP contribution in [0.3, 0.4) is 0 Å². The molecular weight excluding hydrogens is 232 g/mol. The summed E-state index contributed by atoms with van der Waals surface area (Å²) in [6, 6.07) is 1.64. The first-order valence-electron chi connectivity index (χ1n) is 8.72. The molecule has 2 heterocycles. The third-order valence-electron chi connectivity index (χ3n) is 5.35. The van der Waals surface area contributed by atoms with Crippen molar-refractivity contribution >= 4 is 0 Å². The van der Waals surface area contributed by atoms with Crippen LogP contribution < -0.4 is 0 Å². The molecule has 3 unspecified atom stereocenters. The Kier molecular flexibility index (Phi) is 6.15. The Bertz CT molecular complexity index is 254. The van der Waals surface area contributed by atoms with E-state index in [0.717, 1.165) is 18.0 Å². The lowest BCUT2D eigenvalue weighted by molar-refractivity contribution is 0.00665. The summed E-state index contributed by atoms with van der Waals surface area (Å²) >= 11 is 0. The van der Waals surface area contributed by atoms with E-state index >= 15 is 0 Å². The van der Waals surface area contributed by atoms with E-state index in [2.05, 4.69) is 30.6 Å². The minimum absolute atomic E-state index is 0.769. The van der Waals surface area contributed by atoms with Gasteiger partial charge in [0.15, 0.2) is 0 Å². The van der Waals surface area contributed by atoms with E-state index in [9.17, 15) is 0 Å². The van der Waals surface area contributed by atoms with Crippen LogP contribution >= 0.6 is 0 Å². The SMILES string of the molecule is CCCCC(CC)CN1CC2CCCCN2CC1C. The van der Waals surface area contributed by atoms with Gasteiger partial charge in [-0.15, -0.1) is 0 Å². The first-order valence-corrected chi connectivity index (χ1v) is 8.72. The Morgan fingerprint density at radius 3 is 2.74 bits per heavy atom. The number of rotatable bonds is 6. The summed E-state index contributed by atoms with van der Waals surface area (Å²) < 4.78 is 0. The highest BCUT2D eigenvalue weighted by molar-refractivity contribution is 4.89. The number of unbranched alkanes of at least 4 members (excludes halogenated alkanes) is 1. The number of fused-ring (bicyclic) bond motifs is 1. The van der Waals surface area contributed by atoms with Crippen LogP contribution in [0.25, 0.3) is 0 Å². The van der Waals surface area contributed by atoms with Crippen LogP contribution in [0.15, 0.2) is 0 Å². The molecule has 0 spiro atoms. The second-order valence-electron chi connectivity index (χ2n) is 6.86. The van der Waals surface area contributed by atoms with Gasteiger partial charge in [0.05, 0.1) is 0 Å². The fourth-order valence-electron chi connectivity index (χ4n) is 3.92. The molecule has 2 aliphatic heterocycles. The first-order chi connectivity index (χ1) is 9.24. The zero-order valence-corrected chi connectivity index (χ0v) is 13.4. The van der Waals surface area contributed by atoms with Crippen LogP contribution in [0, 0.1) is 5.92 Å². The summed E-state index contributed by atoms with van der Waals surface area (Å²) in [5.74, 6) is 0.928. The number of piperazine rings is 1. The summed E-state index contributed by atoms with van der Waals surface area (Å²) in [7, 11) is 0. The molecule has 2 rings (SSSR count). The van der Waals surface area contributed by atoms with Crippen molar-refractivity contribution in [3.8, 4) is 0 Å². The van der Waals surface area contributed by atoms with Crippen LogP contribution in [0.1, 0.15) is 65.7 Å². The molecular formula is C17H34N2. The van der Waals surface area contributed by atoms with Gasteiger partial charge < -0.3 is 0 Å². The molecule has 0 amide bonds. The Morgan fingerprint density at radius 2 is 2.00 bits per heavy atom. The highest BCUT2D eigenvalue weighted by Crippen LogP contribution is 2.25. The van der Waals surface area contributed by atoms with Gasteiger partial charge in [0.1, 0.15) is 0 Å². The molecule has 0 aromatic rings. The van der Waals surface area contributed by atoms with Crippen LogP contribution in [0.5, 0.6) is 0 Å². The third-order valence-corrected chi connectivity index (χ3v) is 5.35. The predicted octanol–water partition coefficient (Wildman–Crippen LogP) is 3.76. The van der Waals surface area contributed by atoms with Gasteiger partial charge in [-0.05, 0) is 38.6 Å². The van der Waals surface area contributed by atoms with Crippen LogP contribution in [-0.4, -0.2) is 48.1 Å². The van der Waals surface area contributed by atoms with Gasteiger partial charge >= 0.3 is 0 Å². The third kappa shape index (κ3) is 4.19. The smallest absolute Gasteiger partial charge is 0.0223 e. The van der Waals surface area contributed by atoms with Crippen molar-refractivity contribution in [2.75, 3.05) is 26.2 Å². The van der Waals surface area contributed by atoms with E-state index in [1.165, 1.54) is 71.1 Å². The molecule has 0 aliphatic carbocycles. The second kappa shape index (κ2) is 7.64. The zero-order chi connectivity index (χ0) is 13.7. The molecule has 0 aromatic carbocycles. The number of hydrogen-bond donors (Lipinski definition) is 0. The molecule has 112 valence electrons. The zero-order valence-electron chi connectivity index (χ0n) is 13.4. The Morgan fingerprint density at radius 1 is 1.16 bits per heavy atom. The number of nitrogens with zero attached hydrogens (tertiary/aromatic N) is 2. The van der Waals surface area contributed by atoms with Crippen molar-refractivity contribution < 1.29 is 0 Å². The van der Waals surface area contributed by atoms with E-state index < -0.39 is 0 Å². The standard InChI is InChI=1S/C17H34N2/c1-4-6-9-16(5-2)13-19-14-17-10-7-8-11-18(17)12-15(19)3/h15-17H,4-14H2,1-3H3. The summed E-state index contributed by atoms with van der Waals surface area (Å²) in [6.07, 6.45) is 9.88. The van der Waals surface area contributed by atoms with Gasteiger partial charge in [0.25, 0.3) is 0 Å². The van der Waals surface area contributed by atoms with Gasteiger partial charge in [0, 0.05) is 31.7 Å². The quantitative estimate of drug-likeness (QED) is 0.722. The topological polar surface area (TPSA) is 6.48 Å². The van der Waals surface area contributed by atoms with Gasteiger partial charge in [-0.3, -0.25) is 9.80 Å². The Balaban J connectivity index is 1.84. The summed E-state index contributed by atoms with van der Waals surface area (Å²) in [6.45, 7) is 12.5. The lowest BCUT2D eigenvalue weighted by Crippen LogP contribution is -2.59. The lowest BCUT2D eigenvalue weighted by Gasteiger charge is -2.48. The minimum atomic E-state index is 0.769. The first kappa shape index (κ1) is 15.3. The Hall–Kier alpha value is -0.0800. The molecule has 0 saturated carbocycles. The molecule has 2 saturated heterocycles. The minimum Gasteiger partial charge on any atom is -0.298 e. The molecule has 2 aliphatic rings. The number of hydrogen-bond acceptors (Lipinski definition) is 2. The highest BCUT2D eigenvalue weighted by atomic mass is 15.3. The largest absolute Gasteiger partial charge is 0.298 e. The second-order valence-corrected chi connectivity index (χ2v) is 6.86. The molecule has 2 nitrogen and oxygen atoms in total. The fraction of sp³-hybridized carbons (Fsp3) is 1.00. The lowest BCUT2D eigenvalue weighted by atomic mass is 9.94. The van der Waals surface area contributed by atoms with Crippen molar-refractivity contribution in [3.63, 3.8) is 0 Å².